The minimum atomic E-state index is 0.487. The zero-order chi connectivity index (χ0) is 13.1. The van der Waals surface area contributed by atoms with Crippen LogP contribution in [-0.4, -0.2) is 11.0 Å². The summed E-state index contributed by atoms with van der Waals surface area (Å²) in [6.07, 6.45) is 2.97. The van der Waals surface area contributed by atoms with Crippen LogP contribution >= 0.6 is 15.9 Å². The van der Waals surface area contributed by atoms with Crippen molar-refractivity contribution in [3.63, 3.8) is 0 Å². The maximum atomic E-state index is 4.52. The molecular formula is C15H19BrN2. The van der Waals surface area contributed by atoms with Gasteiger partial charge in [0, 0.05) is 22.1 Å². The monoisotopic (exact) mass is 306 g/mol. The Morgan fingerprint density at radius 2 is 2.11 bits per heavy atom. The van der Waals surface area contributed by atoms with Crippen LogP contribution in [0.25, 0.3) is 10.9 Å². The fraction of sp³-hybridized carbons (Fsp3) is 0.400. The average molecular weight is 307 g/mol. The van der Waals surface area contributed by atoms with Crippen LogP contribution in [0.15, 0.2) is 34.9 Å². The second-order valence-corrected chi connectivity index (χ2v) is 5.85. The number of fused-ring (bicyclic) bond motifs is 1. The summed E-state index contributed by atoms with van der Waals surface area (Å²) >= 11 is 3.46. The molecule has 2 aromatic rings. The lowest BCUT2D eigenvalue weighted by Gasteiger charge is -2.22. The summed E-state index contributed by atoms with van der Waals surface area (Å²) in [5.41, 5.74) is 2.17. The van der Waals surface area contributed by atoms with Gasteiger partial charge in [-0.25, -0.2) is 0 Å². The molecule has 0 bridgehead atoms. The molecule has 0 fully saturated rings. The van der Waals surface area contributed by atoms with Crippen LogP contribution < -0.4 is 5.32 Å². The Kier molecular flexibility index (Phi) is 4.23. The standard InChI is InChI=1S/C15H19BrN2/c1-4-13(10(2)3)18-14-7-5-6-11-8-12(16)9-17-15(11)14/h5-10,13,18H,4H2,1-3H3. The fourth-order valence-electron chi connectivity index (χ4n) is 2.19. The van der Waals surface area contributed by atoms with Crippen molar-refractivity contribution >= 4 is 32.5 Å². The molecular weight excluding hydrogens is 288 g/mol. The highest BCUT2D eigenvalue weighted by Gasteiger charge is 2.12. The maximum Gasteiger partial charge on any atom is 0.0934 e. The van der Waals surface area contributed by atoms with Gasteiger partial charge in [0.05, 0.1) is 11.2 Å². The summed E-state index contributed by atoms with van der Waals surface area (Å²) in [6, 6.07) is 8.86. The van der Waals surface area contributed by atoms with Crippen LogP contribution in [-0.2, 0) is 0 Å². The molecule has 0 aliphatic heterocycles. The van der Waals surface area contributed by atoms with Crippen LogP contribution in [0.3, 0.4) is 0 Å². The molecule has 1 heterocycles. The van der Waals surface area contributed by atoms with Gasteiger partial charge in [0.15, 0.2) is 0 Å². The molecule has 0 aliphatic carbocycles. The van der Waals surface area contributed by atoms with Crippen LogP contribution in [0.1, 0.15) is 27.2 Å². The van der Waals surface area contributed by atoms with E-state index in [4.69, 9.17) is 0 Å². The van der Waals surface area contributed by atoms with Crippen LogP contribution in [0, 0.1) is 5.92 Å². The minimum Gasteiger partial charge on any atom is -0.380 e. The second kappa shape index (κ2) is 5.70. The second-order valence-electron chi connectivity index (χ2n) is 4.93. The molecule has 1 atom stereocenters. The predicted molar refractivity (Wildman–Crippen MR) is 82.0 cm³/mol. The number of halogens is 1. The topological polar surface area (TPSA) is 24.9 Å². The number of rotatable bonds is 4. The maximum absolute atomic E-state index is 4.52. The molecule has 0 spiro atoms. The van der Waals surface area contributed by atoms with Gasteiger partial charge in [-0.3, -0.25) is 4.98 Å². The molecule has 0 amide bonds. The molecule has 0 saturated carbocycles. The smallest absolute Gasteiger partial charge is 0.0934 e. The third kappa shape index (κ3) is 2.83. The number of nitrogens with zero attached hydrogens (tertiary/aromatic N) is 1. The number of para-hydroxylation sites is 1. The Labute approximate surface area is 117 Å². The van der Waals surface area contributed by atoms with Crippen molar-refractivity contribution in [1.82, 2.24) is 4.98 Å². The fourth-order valence-corrected chi connectivity index (χ4v) is 2.54. The van der Waals surface area contributed by atoms with Crippen molar-refractivity contribution in [3.8, 4) is 0 Å². The Morgan fingerprint density at radius 3 is 2.78 bits per heavy atom. The van der Waals surface area contributed by atoms with Gasteiger partial charge >= 0.3 is 0 Å². The predicted octanol–water partition coefficient (Wildman–Crippen LogP) is 4.84. The lowest BCUT2D eigenvalue weighted by atomic mass is 10.0. The van der Waals surface area contributed by atoms with Crippen LogP contribution in [0.4, 0.5) is 5.69 Å². The van der Waals surface area contributed by atoms with E-state index in [9.17, 15) is 0 Å². The molecule has 1 N–H and O–H groups in total. The summed E-state index contributed by atoms with van der Waals surface area (Å²) in [5.74, 6) is 0.612. The highest BCUT2D eigenvalue weighted by molar-refractivity contribution is 9.10. The van der Waals surface area contributed by atoms with Crippen LogP contribution in [0.2, 0.25) is 0 Å². The van der Waals surface area contributed by atoms with Crippen LogP contribution in [0.5, 0.6) is 0 Å². The largest absolute Gasteiger partial charge is 0.380 e. The van der Waals surface area contributed by atoms with Crippen molar-refractivity contribution in [2.45, 2.75) is 33.2 Å². The van der Waals surface area contributed by atoms with E-state index in [-0.39, 0.29) is 0 Å². The Hall–Kier alpha value is -1.09. The molecule has 0 radical (unpaired) electrons. The first-order valence-electron chi connectivity index (χ1n) is 6.42. The summed E-state index contributed by atoms with van der Waals surface area (Å²) in [6.45, 7) is 6.71. The van der Waals surface area contributed by atoms with Gasteiger partial charge < -0.3 is 5.32 Å². The Bertz CT molecular complexity index is 537. The molecule has 18 heavy (non-hydrogen) atoms. The Balaban J connectivity index is 2.39. The SMILES string of the molecule is CCC(Nc1cccc2cc(Br)cnc12)C(C)C. The van der Waals surface area contributed by atoms with E-state index in [1.165, 1.54) is 0 Å². The van der Waals surface area contributed by atoms with Gasteiger partial charge in [-0.05, 0) is 40.4 Å². The number of hydrogen-bond acceptors (Lipinski definition) is 2. The third-order valence-corrected chi connectivity index (χ3v) is 3.70. The molecule has 1 unspecified atom stereocenters. The molecule has 2 rings (SSSR count). The van der Waals surface area contributed by atoms with E-state index in [1.54, 1.807) is 0 Å². The molecule has 96 valence electrons. The van der Waals surface area contributed by atoms with E-state index >= 15 is 0 Å². The Morgan fingerprint density at radius 1 is 1.33 bits per heavy atom. The summed E-state index contributed by atoms with van der Waals surface area (Å²) in [5, 5.41) is 4.77. The van der Waals surface area contributed by atoms with E-state index in [0.717, 1.165) is 27.5 Å². The first kappa shape index (κ1) is 13.3. The van der Waals surface area contributed by atoms with Crippen molar-refractivity contribution < 1.29 is 0 Å². The highest BCUT2D eigenvalue weighted by atomic mass is 79.9. The number of anilines is 1. The highest BCUT2D eigenvalue weighted by Crippen LogP contribution is 2.25. The zero-order valence-corrected chi connectivity index (χ0v) is 12.7. The van der Waals surface area contributed by atoms with Gasteiger partial charge in [0.25, 0.3) is 0 Å². The lowest BCUT2D eigenvalue weighted by Crippen LogP contribution is -2.24. The third-order valence-electron chi connectivity index (χ3n) is 3.26. The molecule has 0 saturated heterocycles. The van der Waals surface area contributed by atoms with E-state index < -0.39 is 0 Å². The number of pyridine rings is 1. The van der Waals surface area contributed by atoms with Gasteiger partial charge in [0.2, 0.25) is 0 Å². The minimum absolute atomic E-state index is 0.487. The van der Waals surface area contributed by atoms with Crippen molar-refractivity contribution in [2.75, 3.05) is 5.32 Å². The van der Waals surface area contributed by atoms with Gasteiger partial charge in [0.1, 0.15) is 0 Å². The van der Waals surface area contributed by atoms with Crippen molar-refractivity contribution in [2.24, 2.45) is 5.92 Å². The van der Waals surface area contributed by atoms with Gasteiger partial charge in [-0.2, -0.15) is 0 Å². The molecule has 0 aliphatic rings. The number of hydrogen-bond donors (Lipinski definition) is 1. The zero-order valence-electron chi connectivity index (χ0n) is 11.1. The van der Waals surface area contributed by atoms with E-state index in [2.05, 4.69) is 71.3 Å². The molecule has 1 aromatic heterocycles. The lowest BCUT2D eigenvalue weighted by molar-refractivity contribution is 0.511. The first-order chi connectivity index (χ1) is 8.61. The van der Waals surface area contributed by atoms with Crippen molar-refractivity contribution in [3.05, 3.63) is 34.9 Å². The number of aromatic nitrogens is 1. The first-order valence-corrected chi connectivity index (χ1v) is 7.22. The van der Waals surface area contributed by atoms with Crippen molar-refractivity contribution in [1.29, 1.82) is 0 Å². The summed E-state index contributed by atoms with van der Waals surface area (Å²) in [7, 11) is 0. The quantitative estimate of drug-likeness (QED) is 0.874. The normalized spacial score (nSPS) is 12.9. The molecule has 3 heteroatoms. The number of nitrogens with one attached hydrogen (secondary N) is 1. The average Bonchev–Trinajstić information content (AvgIpc) is 2.35. The van der Waals surface area contributed by atoms with Gasteiger partial charge in [-0.1, -0.05) is 32.9 Å². The summed E-state index contributed by atoms with van der Waals surface area (Å²) in [4.78, 5) is 4.52. The van der Waals surface area contributed by atoms with E-state index in [0.29, 0.717) is 12.0 Å². The molecule has 2 nitrogen and oxygen atoms in total. The summed E-state index contributed by atoms with van der Waals surface area (Å²) < 4.78 is 1.02. The molecule has 1 aromatic carbocycles. The van der Waals surface area contributed by atoms with Gasteiger partial charge in [-0.15, -0.1) is 0 Å². The van der Waals surface area contributed by atoms with E-state index in [1.807, 2.05) is 6.20 Å². The number of benzene rings is 1.